The summed E-state index contributed by atoms with van der Waals surface area (Å²) in [4.78, 5) is 12.6. The Morgan fingerprint density at radius 1 is 1.13 bits per heavy atom. The van der Waals surface area contributed by atoms with Crippen LogP contribution in [0.5, 0.6) is 11.5 Å². The van der Waals surface area contributed by atoms with E-state index in [1.54, 1.807) is 42.5 Å². The van der Waals surface area contributed by atoms with Gasteiger partial charge in [-0.05, 0) is 54.1 Å². The van der Waals surface area contributed by atoms with Crippen molar-refractivity contribution < 1.29 is 14.3 Å². The molecule has 0 spiro atoms. The van der Waals surface area contributed by atoms with Gasteiger partial charge in [0.05, 0.1) is 7.11 Å². The van der Waals surface area contributed by atoms with Crippen molar-refractivity contribution >= 4 is 45.2 Å². The number of anilines is 1. The zero-order valence-electron chi connectivity index (χ0n) is 16.6. The van der Waals surface area contributed by atoms with Gasteiger partial charge in [-0.3, -0.25) is 4.79 Å². The van der Waals surface area contributed by atoms with Crippen LogP contribution in [0.1, 0.15) is 11.1 Å². The topological polar surface area (TPSA) is 71.3 Å². The van der Waals surface area contributed by atoms with Crippen molar-refractivity contribution in [2.45, 2.75) is 6.61 Å². The van der Waals surface area contributed by atoms with Gasteiger partial charge < -0.3 is 14.8 Å². The maximum absolute atomic E-state index is 12.6. The minimum absolute atomic E-state index is 0.0725. The fourth-order valence-electron chi connectivity index (χ4n) is 2.73. The van der Waals surface area contributed by atoms with Gasteiger partial charge in [0.15, 0.2) is 11.5 Å². The van der Waals surface area contributed by atoms with E-state index in [4.69, 9.17) is 21.1 Å². The Morgan fingerprint density at radius 2 is 1.84 bits per heavy atom. The normalized spacial score (nSPS) is 10.8. The van der Waals surface area contributed by atoms with Crippen LogP contribution < -0.4 is 14.8 Å². The van der Waals surface area contributed by atoms with E-state index in [1.165, 1.54) is 13.2 Å². The summed E-state index contributed by atoms with van der Waals surface area (Å²) in [7, 11) is 1.54. The molecule has 0 heterocycles. The van der Waals surface area contributed by atoms with E-state index in [9.17, 15) is 10.1 Å². The van der Waals surface area contributed by atoms with Gasteiger partial charge in [-0.15, -0.1) is 0 Å². The van der Waals surface area contributed by atoms with Crippen LogP contribution in [0.3, 0.4) is 0 Å². The Kier molecular flexibility index (Phi) is 7.71. The van der Waals surface area contributed by atoms with Crippen LogP contribution in [0.25, 0.3) is 6.08 Å². The third-order valence-corrected chi connectivity index (χ3v) is 5.07. The van der Waals surface area contributed by atoms with Crippen LogP contribution in [-0.4, -0.2) is 13.0 Å². The van der Waals surface area contributed by atoms with Crippen LogP contribution in [0.2, 0.25) is 5.02 Å². The minimum atomic E-state index is -0.536. The third-order valence-electron chi connectivity index (χ3n) is 4.29. The smallest absolute Gasteiger partial charge is 0.266 e. The average molecular weight is 498 g/mol. The molecule has 31 heavy (non-hydrogen) atoms. The summed E-state index contributed by atoms with van der Waals surface area (Å²) in [5.41, 5.74) is 1.98. The lowest BCUT2D eigenvalue weighted by atomic mass is 10.1. The van der Waals surface area contributed by atoms with Crippen molar-refractivity contribution in [1.29, 1.82) is 5.26 Å². The number of halogens is 2. The van der Waals surface area contributed by atoms with E-state index < -0.39 is 5.91 Å². The zero-order chi connectivity index (χ0) is 22.2. The Bertz CT molecular complexity index is 1140. The number of rotatable bonds is 7. The van der Waals surface area contributed by atoms with Crippen LogP contribution in [0, 0.1) is 11.3 Å². The van der Waals surface area contributed by atoms with Crippen molar-refractivity contribution in [3.8, 4) is 17.6 Å². The second kappa shape index (κ2) is 10.7. The predicted molar refractivity (Wildman–Crippen MR) is 125 cm³/mol. The van der Waals surface area contributed by atoms with Crippen LogP contribution in [-0.2, 0) is 11.4 Å². The van der Waals surface area contributed by atoms with Crippen LogP contribution in [0.15, 0.2) is 76.8 Å². The molecular formula is C24H18BrClN2O3. The lowest BCUT2D eigenvalue weighted by molar-refractivity contribution is -0.112. The molecule has 5 nitrogen and oxygen atoms in total. The second-order valence-corrected chi connectivity index (χ2v) is 7.78. The summed E-state index contributed by atoms with van der Waals surface area (Å²) in [5, 5.41) is 12.8. The monoisotopic (exact) mass is 496 g/mol. The van der Waals surface area contributed by atoms with E-state index in [0.717, 1.165) is 10.0 Å². The number of methoxy groups -OCH3 is 1. The lowest BCUT2D eigenvalue weighted by Crippen LogP contribution is -2.13. The van der Waals surface area contributed by atoms with Gasteiger partial charge in [0.2, 0.25) is 0 Å². The molecule has 0 aromatic heterocycles. The van der Waals surface area contributed by atoms with E-state index >= 15 is 0 Å². The van der Waals surface area contributed by atoms with Gasteiger partial charge in [0.25, 0.3) is 5.91 Å². The number of para-hydroxylation sites is 1. The third kappa shape index (κ3) is 6.11. The fraction of sp³-hybridized carbons (Fsp3) is 0.0833. The van der Waals surface area contributed by atoms with E-state index in [1.807, 2.05) is 30.3 Å². The molecule has 1 amide bonds. The number of carbonyl (C=O) groups is 1. The standard InChI is InChI=1S/C24H18BrClN2O3/c1-30-22-4-2-3-17(23(22)31-15-16-5-7-19(25)8-6-16)13-18(14-27)24(29)28-21-11-9-20(26)10-12-21/h2-13H,15H2,1H3,(H,28,29)/b18-13+. The van der Waals surface area contributed by atoms with Gasteiger partial charge in [0, 0.05) is 20.7 Å². The van der Waals surface area contributed by atoms with Crippen molar-refractivity contribution in [1.82, 2.24) is 0 Å². The molecule has 0 saturated carbocycles. The van der Waals surface area contributed by atoms with Gasteiger partial charge in [-0.2, -0.15) is 5.26 Å². The Labute approximate surface area is 194 Å². The summed E-state index contributed by atoms with van der Waals surface area (Å²) in [6.45, 7) is 0.299. The van der Waals surface area contributed by atoms with Gasteiger partial charge >= 0.3 is 0 Å². The lowest BCUT2D eigenvalue weighted by Gasteiger charge is -2.14. The fourth-order valence-corrected chi connectivity index (χ4v) is 3.12. The molecule has 0 radical (unpaired) electrons. The highest BCUT2D eigenvalue weighted by molar-refractivity contribution is 9.10. The van der Waals surface area contributed by atoms with Gasteiger partial charge in [-0.25, -0.2) is 0 Å². The molecule has 0 aliphatic carbocycles. The Balaban J connectivity index is 1.86. The molecule has 3 aromatic carbocycles. The first-order valence-electron chi connectivity index (χ1n) is 9.23. The summed E-state index contributed by atoms with van der Waals surface area (Å²) < 4.78 is 12.4. The molecule has 0 atom stereocenters. The number of benzene rings is 3. The molecule has 0 aliphatic rings. The largest absolute Gasteiger partial charge is 0.493 e. The molecule has 3 aromatic rings. The zero-order valence-corrected chi connectivity index (χ0v) is 18.9. The molecule has 0 saturated heterocycles. The average Bonchev–Trinajstić information content (AvgIpc) is 2.78. The molecular weight excluding hydrogens is 480 g/mol. The van der Waals surface area contributed by atoms with Gasteiger partial charge in [-0.1, -0.05) is 51.8 Å². The number of nitrogens with zero attached hydrogens (tertiary/aromatic N) is 1. The summed E-state index contributed by atoms with van der Waals surface area (Å²) in [6, 6.07) is 21.6. The highest BCUT2D eigenvalue weighted by atomic mass is 79.9. The van der Waals surface area contributed by atoms with E-state index in [-0.39, 0.29) is 5.57 Å². The number of hydrogen-bond donors (Lipinski definition) is 1. The predicted octanol–water partition coefficient (Wildman–Crippen LogP) is 6.24. The first-order valence-corrected chi connectivity index (χ1v) is 10.4. The van der Waals surface area contributed by atoms with E-state index in [2.05, 4.69) is 21.2 Å². The highest BCUT2D eigenvalue weighted by Crippen LogP contribution is 2.33. The quantitative estimate of drug-likeness (QED) is 0.310. The van der Waals surface area contributed by atoms with E-state index in [0.29, 0.717) is 34.4 Å². The molecule has 156 valence electrons. The van der Waals surface area contributed by atoms with Crippen molar-refractivity contribution in [2.75, 3.05) is 12.4 Å². The number of hydrogen-bond acceptors (Lipinski definition) is 4. The molecule has 1 N–H and O–H groups in total. The van der Waals surface area contributed by atoms with Gasteiger partial charge in [0.1, 0.15) is 18.2 Å². The summed E-state index contributed by atoms with van der Waals surface area (Å²) >= 11 is 9.28. The van der Waals surface area contributed by atoms with Crippen molar-refractivity contribution in [2.24, 2.45) is 0 Å². The summed E-state index contributed by atoms with van der Waals surface area (Å²) in [5.74, 6) is 0.410. The maximum Gasteiger partial charge on any atom is 0.266 e. The first kappa shape index (κ1) is 22.4. The number of amides is 1. The molecule has 0 bridgehead atoms. The first-order chi connectivity index (χ1) is 15.0. The molecule has 0 fully saturated rings. The second-order valence-electron chi connectivity index (χ2n) is 6.42. The van der Waals surface area contributed by atoms with Crippen LogP contribution >= 0.6 is 27.5 Å². The molecule has 7 heteroatoms. The maximum atomic E-state index is 12.6. The highest BCUT2D eigenvalue weighted by Gasteiger charge is 2.14. The molecule has 0 unspecified atom stereocenters. The number of carbonyl (C=O) groups excluding carboxylic acids is 1. The number of ether oxygens (including phenoxy) is 2. The summed E-state index contributed by atoms with van der Waals surface area (Å²) in [6.07, 6.45) is 1.48. The SMILES string of the molecule is COc1cccc(/C=C(\C#N)C(=O)Nc2ccc(Cl)cc2)c1OCc1ccc(Br)cc1. The minimum Gasteiger partial charge on any atom is -0.493 e. The van der Waals surface area contributed by atoms with Crippen molar-refractivity contribution in [3.05, 3.63) is 92.9 Å². The van der Waals surface area contributed by atoms with Crippen LogP contribution in [0.4, 0.5) is 5.69 Å². The molecule has 0 aliphatic heterocycles. The Hall–Kier alpha value is -3.27. The van der Waals surface area contributed by atoms with Crippen molar-refractivity contribution in [3.63, 3.8) is 0 Å². The number of nitrogens with one attached hydrogen (secondary N) is 1. The molecule has 3 rings (SSSR count). The number of nitriles is 1. The Morgan fingerprint density at radius 3 is 2.48 bits per heavy atom.